The fraction of sp³-hybridized carbons (Fsp3) is 0.308. The van der Waals surface area contributed by atoms with Gasteiger partial charge in [0.1, 0.15) is 0 Å². The Balaban J connectivity index is 2.67. The van der Waals surface area contributed by atoms with Gasteiger partial charge in [0, 0.05) is 0 Å². The molecule has 1 atom stereocenters. The molecule has 4 nitrogen and oxygen atoms in total. The van der Waals surface area contributed by atoms with Gasteiger partial charge in [-0.3, -0.25) is 4.79 Å². The molecule has 0 aliphatic carbocycles. The van der Waals surface area contributed by atoms with Crippen LogP contribution >= 0.6 is 0 Å². The highest BCUT2D eigenvalue weighted by molar-refractivity contribution is 5.80. The topological polar surface area (TPSA) is 58.6 Å². The first kappa shape index (κ1) is 14.0. The van der Waals surface area contributed by atoms with Gasteiger partial charge in [-0.1, -0.05) is 12.0 Å². The zero-order valence-electron chi connectivity index (χ0n) is 9.94. The van der Waals surface area contributed by atoms with E-state index in [1.807, 2.05) is 0 Å². The zero-order valence-corrected chi connectivity index (χ0v) is 9.94. The fourth-order valence-electron chi connectivity index (χ4n) is 1.26. The largest absolute Gasteiger partial charge is 0.478 e. The average molecular weight is 251 g/mol. The van der Waals surface area contributed by atoms with Crippen LogP contribution in [0, 0.1) is 18.2 Å². The Morgan fingerprint density at radius 1 is 1.67 bits per heavy atom. The molecule has 5 heteroatoms. The van der Waals surface area contributed by atoms with Crippen molar-refractivity contribution in [3.63, 3.8) is 0 Å². The Bertz CT molecular complexity index is 468. The number of rotatable bonds is 5. The van der Waals surface area contributed by atoms with Crippen molar-refractivity contribution < 1.29 is 19.0 Å². The van der Waals surface area contributed by atoms with Gasteiger partial charge >= 0.3 is 0 Å². The first-order chi connectivity index (χ1) is 8.58. The molecule has 0 spiro atoms. The number of carbonyl (C=O) groups excluding carboxylic acids is 1. The molecule has 96 valence electrons. The van der Waals surface area contributed by atoms with Gasteiger partial charge in [0.2, 0.25) is 0 Å². The number of aliphatic hydroxyl groups is 1. The summed E-state index contributed by atoms with van der Waals surface area (Å²) >= 11 is 0. The average Bonchev–Trinajstić information content (AvgIpc) is 2.38. The molecule has 0 fully saturated rings. The smallest absolute Gasteiger partial charge is 0.261 e. The standard InChI is InChI=1S/C13H14FNO3/c1-3-6-15-13(17)9(2)18-12-5-4-10(8-16)7-11(12)14/h1,4-5,7,9,16H,6,8H2,2H3,(H,15,17). The van der Waals surface area contributed by atoms with E-state index in [1.165, 1.54) is 19.1 Å². The Morgan fingerprint density at radius 2 is 2.39 bits per heavy atom. The maximum absolute atomic E-state index is 13.5. The van der Waals surface area contributed by atoms with Crippen LogP contribution in [-0.4, -0.2) is 23.7 Å². The minimum Gasteiger partial charge on any atom is -0.478 e. The van der Waals surface area contributed by atoms with Gasteiger partial charge in [-0.2, -0.15) is 0 Å². The lowest BCUT2D eigenvalue weighted by atomic mass is 10.2. The molecule has 1 aromatic rings. The second-order valence-corrected chi connectivity index (χ2v) is 3.60. The van der Waals surface area contributed by atoms with Gasteiger partial charge in [0.15, 0.2) is 17.7 Å². The molecular formula is C13H14FNO3. The van der Waals surface area contributed by atoms with Crippen LogP contribution in [0.15, 0.2) is 18.2 Å². The monoisotopic (exact) mass is 251 g/mol. The zero-order chi connectivity index (χ0) is 13.5. The molecule has 0 aliphatic heterocycles. The Morgan fingerprint density at radius 3 is 2.94 bits per heavy atom. The molecule has 1 aromatic carbocycles. The highest BCUT2D eigenvalue weighted by Gasteiger charge is 2.15. The van der Waals surface area contributed by atoms with Crippen LogP contribution in [0.2, 0.25) is 0 Å². The van der Waals surface area contributed by atoms with Crippen LogP contribution in [0.3, 0.4) is 0 Å². The molecule has 0 bridgehead atoms. The molecule has 18 heavy (non-hydrogen) atoms. The van der Waals surface area contributed by atoms with Crippen molar-refractivity contribution in [2.24, 2.45) is 0 Å². The number of benzene rings is 1. The van der Waals surface area contributed by atoms with E-state index in [1.54, 1.807) is 0 Å². The van der Waals surface area contributed by atoms with Crippen LogP contribution in [-0.2, 0) is 11.4 Å². The lowest BCUT2D eigenvalue weighted by Gasteiger charge is -2.14. The molecule has 0 aliphatic rings. The summed E-state index contributed by atoms with van der Waals surface area (Å²) < 4.78 is 18.7. The van der Waals surface area contributed by atoms with E-state index in [0.717, 1.165) is 6.07 Å². The lowest BCUT2D eigenvalue weighted by molar-refractivity contribution is -0.127. The number of terminal acetylenes is 1. The second kappa shape index (κ2) is 6.62. The van der Waals surface area contributed by atoms with E-state index in [4.69, 9.17) is 16.3 Å². The van der Waals surface area contributed by atoms with E-state index in [0.29, 0.717) is 5.56 Å². The number of ether oxygens (including phenoxy) is 1. The van der Waals surface area contributed by atoms with Crippen molar-refractivity contribution >= 4 is 5.91 Å². The summed E-state index contributed by atoms with van der Waals surface area (Å²) in [6.07, 6.45) is 4.14. The van der Waals surface area contributed by atoms with Crippen molar-refractivity contribution in [2.45, 2.75) is 19.6 Å². The predicted molar refractivity (Wildman–Crippen MR) is 64.3 cm³/mol. The summed E-state index contributed by atoms with van der Waals surface area (Å²) in [6, 6.07) is 4.04. The molecule has 1 unspecified atom stereocenters. The summed E-state index contributed by atoms with van der Waals surface area (Å²) in [5.41, 5.74) is 0.435. The normalized spacial score (nSPS) is 11.4. The van der Waals surface area contributed by atoms with Gasteiger partial charge in [-0.15, -0.1) is 6.42 Å². The summed E-state index contributed by atoms with van der Waals surface area (Å²) in [6.45, 7) is 1.33. The van der Waals surface area contributed by atoms with Gasteiger partial charge in [-0.05, 0) is 24.6 Å². The molecular weight excluding hydrogens is 237 g/mol. The van der Waals surface area contributed by atoms with Crippen molar-refractivity contribution in [2.75, 3.05) is 6.54 Å². The molecule has 2 N–H and O–H groups in total. The third-order valence-electron chi connectivity index (χ3n) is 2.22. The number of aliphatic hydroxyl groups excluding tert-OH is 1. The summed E-state index contributed by atoms with van der Waals surface area (Å²) in [5.74, 6) is 1.16. The first-order valence-corrected chi connectivity index (χ1v) is 5.35. The number of nitrogens with one attached hydrogen (secondary N) is 1. The fourth-order valence-corrected chi connectivity index (χ4v) is 1.26. The molecule has 0 aromatic heterocycles. The molecule has 0 saturated heterocycles. The van der Waals surface area contributed by atoms with Crippen molar-refractivity contribution in [1.29, 1.82) is 0 Å². The van der Waals surface area contributed by atoms with Gasteiger partial charge in [0.05, 0.1) is 13.2 Å². The van der Waals surface area contributed by atoms with Crippen molar-refractivity contribution in [1.82, 2.24) is 5.32 Å². The van der Waals surface area contributed by atoms with E-state index in [2.05, 4.69) is 11.2 Å². The van der Waals surface area contributed by atoms with Gasteiger partial charge in [-0.25, -0.2) is 4.39 Å². The number of hydrogen-bond donors (Lipinski definition) is 2. The third-order valence-corrected chi connectivity index (χ3v) is 2.22. The lowest BCUT2D eigenvalue weighted by Crippen LogP contribution is -2.36. The van der Waals surface area contributed by atoms with Crippen molar-refractivity contribution in [3.8, 4) is 18.1 Å². The van der Waals surface area contributed by atoms with E-state index < -0.39 is 17.8 Å². The second-order valence-electron chi connectivity index (χ2n) is 3.60. The number of carbonyl (C=O) groups is 1. The molecule has 0 radical (unpaired) electrons. The highest BCUT2D eigenvalue weighted by Crippen LogP contribution is 2.19. The van der Waals surface area contributed by atoms with Gasteiger partial charge in [0.25, 0.3) is 5.91 Å². The maximum atomic E-state index is 13.5. The third kappa shape index (κ3) is 3.75. The van der Waals surface area contributed by atoms with E-state index in [-0.39, 0.29) is 18.9 Å². The van der Waals surface area contributed by atoms with E-state index in [9.17, 15) is 9.18 Å². The first-order valence-electron chi connectivity index (χ1n) is 5.35. The van der Waals surface area contributed by atoms with Gasteiger partial charge < -0.3 is 15.2 Å². The van der Waals surface area contributed by atoms with Crippen LogP contribution in [0.1, 0.15) is 12.5 Å². The molecule has 1 amide bonds. The highest BCUT2D eigenvalue weighted by atomic mass is 19.1. The summed E-state index contributed by atoms with van der Waals surface area (Å²) in [4.78, 5) is 11.4. The Labute approximate surface area is 105 Å². The summed E-state index contributed by atoms with van der Waals surface area (Å²) in [7, 11) is 0. The molecule has 1 rings (SSSR count). The Hall–Kier alpha value is -2.06. The number of hydrogen-bond acceptors (Lipinski definition) is 3. The Kier molecular flexibility index (Phi) is 5.15. The minimum atomic E-state index is -0.854. The maximum Gasteiger partial charge on any atom is 0.261 e. The van der Waals surface area contributed by atoms with Crippen LogP contribution in [0.5, 0.6) is 5.75 Å². The van der Waals surface area contributed by atoms with Crippen LogP contribution in [0.4, 0.5) is 4.39 Å². The molecule has 0 saturated carbocycles. The summed E-state index contributed by atoms with van der Waals surface area (Å²) in [5, 5.41) is 11.3. The number of halogens is 1. The van der Waals surface area contributed by atoms with E-state index >= 15 is 0 Å². The number of amides is 1. The van der Waals surface area contributed by atoms with Crippen LogP contribution < -0.4 is 10.1 Å². The van der Waals surface area contributed by atoms with Crippen LogP contribution in [0.25, 0.3) is 0 Å². The molecule has 0 heterocycles. The van der Waals surface area contributed by atoms with Crippen molar-refractivity contribution in [3.05, 3.63) is 29.6 Å². The minimum absolute atomic E-state index is 0.0458. The SMILES string of the molecule is C#CCNC(=O)C(C)Oc1ccc(CO)cc1F. The predicted octanol–water partition coefficient (Wildman–Crippen LogP) is 0.835. The quantitative estimate of drug-likeness (QED) is 0.762.